The van der Waals surface area contributed by atoms with Crippen molar-refractivity contribution in [1.82, 2.24) is 4.57 Å². The number of nitrogens with zero attached hydrogens (tertiary/aromatic N) is 2. The van der Waals surface area contributed by atoms with Gasteiger partial charge in [0, 0.05) is 21.6 Å². The third-order valence-corrected chi connectivity index (χ3v) is 5.78. The maximum Gasteiger partial charge on any atom is 0.251 e. The molecule has 0 saturated heterocycles. The van der Waals surface area contributed by atoms with E-state index in [9.17, 15) is 14.9 Å². The zero-order valence-corrected chi connectivity index (χ0v) is 15.5. The number of hydrogen-bond acceptors (Lipinski definition) is 4. The molecule has 7 heteroatoms. The van der Waals surface area contributed by atoms with Gasteiger partial charge in [-0.05, 0) is 52.7 Å². The van der Waals surface area contributed by atoms with E-state index >= 15 is 0 Å². The van der Waals surface area contributed by atoms with Crippen LogP contribution in [0.25, 0.3) is 0 Å². The molecule has 5 nitrogen and oxygen atoms in total. The molecule has 0 aliphatic heterocycles. The van der Waals surface area contributed by atoms with Crippen LogP contribution in [0.1, 0.15) is 29.3 Å². The van der Waals surface area contributed by atoms with E-state index < -0.39 is 0 Å². The van der Waals surface area contributed by atoms with E-state index in [0.29, 0.717) is 16.5 Å². The van der Waals surface area contributed by atoms with E-state index in [1.165, 1.54) is 26.8 Å². The van der Waals surface area contributed by atoms with Gasteiger partial charge in [0.2, 0.25) is 5.91 Å². The first-order valence-electron chi connectivity index (χ1n) is 7.68. The van der Waals surface area contributed by atoms with Gasteiger partial charge in [-0.25, -0.2) is 0 Å². The van der Waals surface area contributed by atoms with Crippen molar-refractivity contribution in [3.63, 3.8) is 0 Å². The monoisotopic (exact) mass is 405 g/mol. The number of pyridine rings is 1. The lowest BCUT2D eigenvalue weighted by molar-refractivity contribution is -0.116. The highest BCUT2D eigenvalue weighted by Crippen LogP contribution is 2.39. The highest BCUT2D eigenvalue weighted by Gasteiger charge is 2.24. The quantitative estimate of drug-likeness (QED) is 0.850. The molecular formula is C17H16BrN3O2S. The maximum atomic E-state index is 12.3. The average molecular weight is 406 g/mol. The highest BCUT2D eigenvalue weighted by molar-refractivity contribution is 9.10. The molecule has 0 saturated carbocycles. The molecule has 24 heavy (non-hydrogen) atoms. The number of nitriles is 1. The summed E-state index contributed by atoms with van der Waals surface area (Å²) in [5.74, 6) is 0.296. The fraction of sp³-hybridized carbons (Fsp3) is 0.353. The van der Waals surface area contributed by atoms with Crippen LogP contribution in [0.4, 0.5) is 5.00 Å². The highest BCUT2D eigenvalue weighted by atomic mass is 79.9. The SMILES string of the molecule is CC1CCc2c(sc(NC(=O)Cn3cc(Br)ccc3=O)c2C#N)C1. The Labute approximate surface area is 152 Å². The lowest BCUT2D eigenvalue weighted by Gasteiger charge is -2.17. The van der Waals surface area contributed by atoms with Crippen molar-refractivity contribution in [1.29, 1.82) is 5.26 Å². The summed E-state index contributed by atoms with van der Waals surface area (Å²) >= 11 is 4.77. The molecule has 0 spiro atoms. The lowest BCUT2D eigenvalue weighted by atomic mass is 9.89. The summed E-state index contributed by atoms with van der Waals surface area (Å²) in [5.41, 5.74) is 1.42. The van der Waals surface area contributed by atoms with E-state index in [2.05, 4.69) is 34.2 Å². The van der Waals surface area contributed by atoms with Crippen molar-refractivity contribution in [2.75, 3.05) is 5.32 Å². The molecule has 2 heterocycles. The number of rotatable bonds is 3. The molecule has 1 amide bonds. The lowest BCUT2D eigenvalue weighted by Crippen LogP contribution is -2.26. The molecule has 0 bridgehead atoms. The number of anilines is 1. The van der Waals surface area contributed by atoms with Crippen LogP contribution in [0.3, 0.4) is 0 Å². The van der Waals surface area contributed by atoms with Crippen molar-refractivity contribution >= 4 is 38.2 Å². The number of carbonyl (C=O) groups is 1. The Morgan fingerprint density at radius 1 is 1.54 bits per heavy atom. The number of amides is 1. The topological polar surface area (TPSA) is 74.9 Å². The molecule has 0 fully saturated rings. The summed E-state index contributed by atoms with van der Waals surface area (Å²) in [6.45, 7) is 2.12. The average Bonchev–Trinajstić information content (AvgIpc) is 2.86. The first-order chi connectivity index (χ1) is 11.5. The van der Waals surface area contributed by atoms with Crippen LogP contribution in [0.15, 0.2) is 27.6 Å². The van der Waals surface area contributed by atoms with Gasteiger partial charge in [0.05, 0.1) is 5.56 Å². The van der Waals surface area contributed by atoms with E-state index in [0.717, 1.165) is 29.3 Å². The summed E-state index contributed by atoms with van der Waals surface area (Å²) in [5, 5.41) is 12.9. The minimum Gasteiger partial charge on any atom is -0.315 e. The third kappa shape index (κ3) is 3.45. The van der Waals surface area contributed by atoms with Crippen molar-refractivity contribution in [3.05, 3.63) is 49.2 Å². The Hall–Kier alpha value is -1.91. The number of fused-ring (bicyclic) bond motifs is 1. The molecule has 1 aliphatic carbocycles. The predicted molar refractivity (Wildman–Crippen MR) is 97.3 cm³/mol. The standard InChI is InChI=1S/C17H16BrN3O2S/c1-10-2-4-12-13(7-19)17(24-14(12)6-10)20-15(22)9-21-8-11(18)3-5-16(21)23/h3,5,8,10H,2,4,6,9H2,1H3,(H,20,22). The molecule has 1 atom stereocenters. The zero-order chi connectivity index (χ0) is 17.3. The number of aromatic nitrogens is 1. The van der Waals surface area contributed by atoms with Crippen molar-refractivity contribution in [3.8, 4) is 6.07 Å². The number of hydrogen-bond donors (Lipinski definition) is 1. The molecule has 2 aromatic heterocycles. The number of nitrogens with one attached hydrogen (secondary N) is 1. The van der Waals surface area contributed by atoms with Crippen LogP contribution < -0.4 is 10.9 Å². The van der Waals surface area contributed by atoms with Gasteiger partial charge in [0.1, 0.15) is 17.6 Å². The fourth-order valence-corrected chi connectivity index (χ4v) is 4.66. The van der Waals surface area contributed by atoms with Crippen LogP contribution in [0, 0.1) is 17.2 Å². The smallest absolute Gasteiger partial charge is 0.251 e. The van der Waals surface area contributed by atoms with Gasteiger partial charge in [-0.1, -0.05) is 6.92 Å². The van der Waals surface area contributed by atoms with Gasteiger partial charge in [-0.15, -0.1) is 11.3 Å². The minimum atomic E-state index is -0.307. The molecule has 1 aliphatic rings. The van der Waals surface area contributed by atoms with Gasteiger partial charge >= 0.3 is 0 Å². The number of halogens is 1. The van der Waals surface area contributed by atoms with Crippen LogP contribution in [-0.2, 0) is 24.2 Å². The molecule has 1 N–H and O–H groups in total. The second-order valence-corrected chi connectivity index (χ2v) is 8.05. The van der Waals surface area contributed by atoms with Gasteiger partial charge in [0.25, 0.3) is 5.56 Å². The number of thiophene rings is 1. The van der Waals surface area contributed by atoms with Crippen molar-refractivity contribution in [2.45, 2.75) is 32.7 Å². The summed E-state index contributed by atoms with van der Waals surface area (Å²) in [6, 6.07) is 5.27. The Balaban J connectivity index is 1.81. The second kappa shape index (κ2) is 6.91. The van der Waals surface area contributed by atoms with E-state index in [1.54, 1.807) is 12.3 Å². The molecule has 1 unspecified atom stereocenters. The normalized spacial score (nSPS) is 16.3. The van der Waals surface area contributed by atoms with Crippen LogP contribution >= 0.6 is 27.3 Å². The Kier molecular flexibility index (Phi) is 4.88. The Bertz CT molecular complexity index is 894. The van der Waals surface area contributed by atoms with Crippen molar-refractivity contribution in [2.24, 2.45) is 5.92 Å². The van der Waals surface area contributed by atoms with E-state index in [4.69, 9.17) is 0 Å². The predicted octanol–water partition coefficient (Wildman–Crippen LogP) is 3.31. The largest absolute Gasteiger partial charge is 0.315 e. The molecule has 3 rings (SSSR count). The van der Waals surface area contributed by atoms with Gasteiger partial charge < -0.3 is 9.88 Å². The number of carbonyl (C=O) groups excluding carboxylic acids is 1. The van der Waals surface area contributed by atoms with Crippen LogP contribution in [0.2, 0.25) is 0 Å². The van der Waals surface area contributed by atoms with Gasteiger partial charge in [-0.3, -0.25) is 9.59 Å². The molecular weight excluding hydrogens is 390 g/mol. The first-order valence-corrected chi connectivity index (χ1v) is 9.29. The molecule has 0 radical (unpaired) electrons. The third-order valence-electron chi connectivity index (χ3n) is 4.14. The molecule has 2 aromatic rings. The van der Waals surface area contributed by atoms with E-state index in [-0.39, 0.29) is 18.0 Å². The van der Waals surface area contributed by atoms with Gasteiger partial charge in [0.15, 0.2) is 0 Å². The summed E-state index contributed by atoms with van der Waals surface area (Å²) < 4.78 is 2.06. The van der Waals surface area contributed by atoms with Crippen molar-refractivity contribution < 1.29 is 4.79 Å². The minimum absolute atomic E-state index is 0.0812. The van der Waals surface area contributed by atoms with Crippen LogP contribution in [0.5, 0.6) is 0 Å². The summed E-state index contributed by atoms with van der Waals surface area (Å²) in [4.78, 5) is 25.3. The Morgan fingerprint density at radius 2 is 2.33 bits per heavy atom. The Morgan fingerprint density at radius 3 is 3.08 bits per heavy atom. The fourth-order valence-electron chi connectivity index (χ4n) is 2.90. The summed E-state index contributed by atoms with van der Waals surface area (Å²) in [7, 11) is 0. The summed E-state index contributed by atoms with van der Waals surface area (Å²) in [6.07, 6.45) is 4.49. The first kappa shape index (κ1) is 16.9. The van der Waals surface area contributed by atoms with Crippen LogP contribution in [-0.4, -0.2) is 10.5 Å². The van der Waals surface area contributed by atoms with Gasteiger partial charge in [-0.2, -0.15) is 5.26 Å². The second-order valence-electron chi connectivity index (χ2n) is 6.03. The molecule has 0 aromatic carbocycles. The molecule has 124 valence electrons. The zero-order valence-electron chi connectivity index (χ0n) is 13.1. The maximum absolute atomic E-state index is 12.3. The van der Waals surface area contributed by atoms with E-state index in [1.807, 2.05) is 0 Å².